The van der Waals surface area contributed by atoms with E-state index in [-0.39, 0.29) is 17.3 Å². The van der Waals surface area contributed by atoms with Crippen LogP contribution in [-0.4, -0.2) is 19.9 Å². The molecule has 0 fully saturated rings. The quantitative estimate of drug-likeness (QED) is 0.334. The maximum Gasteiger partial charge on any atom is 0.353 e. The van der Waals surface area contributed by atoms with Crippen molar-refractivity contribution in [2.24, 2.45) is 0 Å². The van der Waals surface area contributed by atoms with E-state index in [0.29, 0.717) is 5.69 Å². The van der Waals surface area contributed by atoms with Gasteiger partial charge in [0.15, 0.2) is 0 Å². The van der Waals surface area contributed by atoms with Gasteiger partial charge in [0.2, 0.25) is 11.6 Å². The Balaban J connectivity index is 1.78. The second-order valence-corrected chi connectivity index (χ2v) is 6.77. The highest BCUT2D eigenvalue weighted by atomic mass is 16.6. The average molecular weight is 400 g/mol. The SMILES string of the molecule is CCc1ccccc1Nc1ncnc(Nc2cccc3ccc(C)nc23)c1[N+](=O)[O-]. The third-order valence-corrected chi connectivity index (χ3v) is 4.77. The number of hydrogen-bond donors (Lipinski definition) is 2. The van der Waals surface area contributed by atoms with Crippen molar-refractivity contribution in [2.45, 2.75) is 20.3 Å². The smallest absolute Gasteiger partial charge is 0.334 e. The monoisotopic (exact) mass is 400 g/mol. The molecule has 0 aliphatic carbocycles. The van der Waals surface area contributed by atoms with E-state index in [1.54, 1.807) is 0 Å². The highest BCUT2D eigenvalue weighted by Crippen LogP contribution is 2.35. The molecule has 0 spiro atoms. The largest absolute Gasteiger partial charge is 0.353 e. The van der Waals surface area contributed by atoms with E-state index in [1.807, 2.05) is 68.4 Å². The molecule has 0 atom stereocenters. The van der Waals surface area contributed by atoms with Crippen LogP contribution in [0.3, 0.4) is 0 Å². The van der Waals surface area contributed by atoms with Gasteiger partial charge in [-0.15, -0.1) is 0 Å². The minimum Gasteiger partial charge on any atom is -0.334 e. The number of pyridine rings is 1. The van der Waals surface area contributed by atoms with Gasteiger partial charge in [-0.3, -0.25) is 15.1 Å². The van der Waals surface area contributed by atoms with Crippen LogP contribution in [0, 0.1) is 17.0 Å². The number of anilines is 4. The van der Waals surface area contributed by atoms with Crippen molar-refractivity contribution in [1.29, 1.82) is 0 Å². The molecule has 2 aromatic carbocycles. The zero-order valence-electron chi connectivity index (χ0n) is 16.6. The highest BCUT2D eigenvalue weighted by molar-refractivity contribution is 5.93. The van der Waals surface area contributed by atoms with Gasteiger partial charge in [-0.2, -0.15) is 0 Å². The summed E-state index contributed by atoms with van der Waals surface area (Å²) in [5.74, 6) is 0.227. The minimum absolute atomic E-state index is 0.0993. The predicted molar refractivity (Wildman–Crippen MR) is 118 cm³/mol. The van der Waals surface area contributed by atoms with Crippen molar-refractivity contribution in [3.63, 3.8) is 0 Å². The Morgan fingerprint density at radius 2 is 1.63 bits per heavy atom. The fraction of sp³-hybridized carbons (Fsp3) is 0.136. The van der Waals surface area contributed by atoms with Crippen LogP contribution < -0.4 is 10.6 Å². The molecule has 0 amide bonds. The summed E-state index contributed by atoms with van der Waals surface area (Å²) in [4.78, 5) is 24.3. The fourth-order valence-electron chi connectivity index (χ4n) is 3.29. The fourth-order valence-corrected chi connectivity index (χ4v) is 3.29. The summed E-state index contributed by atoms with van der Waals surface area (Å²) in [5, 5.41) is 19.0. The lowest BCUT2D eigenvalue weighted by Gasteiger charge is -2.13. The Morgan fingerprint density at radius 1 is 0.933 bits per heavy atom. The predicted octanol–water partition coefficient (Wildman–Crippen LogP) is 5.29. The summed E-state index contributed by atoms with van der Waals surface area (Å²) in [5.41, 5.74) is 3.79. The summed E-state index contributed by atoms with van der Waals surface area (Å²) in [6, 6.07) is 17.2. The van der Waals surface area contributed by atoms with Gasteiger partial charge in [-0.05, 0) is 37.1 Å². The Bertz CT molecular complexity index is 1240. The third kappa shape index (κ3) is 3.75. The zero-order valence-corrected chi connectivity index (χ0v) is 16.6. The third-order valence-electron chi connectivity index (χ3n) is 4.77. The van der Waals surface area contributed by atoms with Crippen LogP contribution in [-0.2, 0) is 6.42 Å². The average Bonchev–Trinajstić information content (AvgIpc) is 2.74. The standard InChI is InChI=1S/C22H20N6O2/c1-3-15-7-4-5-9-17(15)26-21-20(28(29)30)22(24-13-23-21)27-18-10-6-8-16-12-11-14(2)25-19(16)18/h4-13H,3H2,1-2H3,(H2,23,24,26,27). The van der Waals surface area contributed by atoms with E-state index in [0.717, 1.165) is 34.3 Å². The molecule has 0 aliphatic rings. The number of benzene rings is 2. The topological polar surface area (TPSA) is 106 Å². The normalized spacial score (nSPS) is 10.7. The van der Waals surface area contributed by atoms with Crippen LogP contribution in [0.2, 0.25) is 0 Å². The summed E-state index contributed by atoms with van der Waals surface area (Å²) in [6.45, 7) is 3.92. The van der Waals surface area contributed by atoms with Crippen molar-refractivity contribution in [3.05, 3.63) is 82.3 Å². The lowest BCUT2D eigenvalue weighted by atomic mass is 10.1. The van der Waals surface area contributed by atoms with E-state index in [4.69, 9.17) is 0 Å². The van der Waals surface area contributed by atoms with Crippen LogP contribution in [0.1, 0.15) is 18.2 Å². The second-order valence-electron chi connectivity index (χ2n) is 6.77. The number of rotatable bonds is 6. The number of hydrogen-bond acceptors (Lipinski definition) is 7. The van der Waals surface area contributed by atoms with Crippen molar-refractivity contribution >= 4 is 39.6 Å². The van der Waals surface area contributed by atoms with Gasteiger partial charge >= 0.3 is 5.69 Å². The van der Waals surface area contributed by atoms with Crippen LogP contribution in [0.5, 0.6) is 0 Å². The number of aryl methyl sites for hydroxylation is 2. The number of nitrogens with zero attached hydrogens (tertiary/aromatic N) is 4. The van der Waals surface area contributed by atoms with E-state index in [2.05, 4.69) is 25.6 Å². The molecular formula is C22H20N6O2. The molecule has 0 saturated heterocycles. The summed E-state index contributed by atoms with van der Waals surface area (Å²) >= 11 is 0. The van der Waals surface area contributed by atoms with Gasteiger partial charge in [-0.25, -0.2) is 9.97 Å². The molecule has 0 radical (unpaired) electrons. The first-order valence-electron chi connectivity index (χ1n) is 9.54. The number of para-hydroxylation sites is 2. The Labute approximate surface area is 173 Å². The summed E-state index contributed by atoms with van der Waals surface area (Å²) in [7, 11) is 0. The molecule has 0 aliphatic heterocycles. The summed E-state index contributed by atoms with van der Waals surface area (Å²) in [6.07, 6.45) is 2.09. The molecule has 0 bridgehead atoms. The molecule has 8 nitrogen and oxygen atoms in total. The van der Waals surface area contributed by atoms with Crippen LogP contribution in [0.4, 0.5) is 28.7 Å². The second kappa shape index (κ2) is 8.12. The molecule has 2 aromatic heterocycles. The number of nitro groups is 1. The molecule has 4 rings (SSSR count). The van der Waals surface area contributed by atoms with Crippen molar-refractivity contribution in [2.75, 3.05) is 10.6 Å². The van der Waals surface area contributed by atoms with E-state index in [1.165, 1.54) is 6.33 Å². The molecule has 8 heteroatoms. The number of nitrogens with one attached hydrogen (secondary N) is 2. The number of aromatic nitrogens is 3. The van der Waals surface area contributed by atoms with E-state index in [9.17, 15) is 10.1 Å². The lowest BCUT2D eigenvalue weighted by Crippen LogP contribution is -2.06. The number of fused-ring (bicyclic) bond motifs is 1. The molecule has 0 unspecified atom stereocenters. The van der Waals surface area contributed by atoms with E-state index >= 15 is 0 Å². The molecule has 2 heterocycles. The molecule has 0 saturated carbocycles. The van der Waals surface area contributed by atoms with Crippen molar-refractivity contribution < 1.29 is 4.92 Å². The first-order valence-corrected chi connectivity index (χ1v) is 9.54. The minimum atomic E-state index is -0.483. The molecule has 150 valence electrons. The highest BCUT2D eigenvalue weighted by Gasteiger charge is 2.24. The summed E-state index contributed by atoms with van der Waals surface area (Å²) < 4.78 is 0. The van der Waals surface area contributed by atoms with Crippen LogP contribution in [0.15, 0.2) is 60.9 Å². The Morgan fingerprint density at radius 3 is 2.37 bits per heavy atom. The van der Waals surface area contributed by atoms with E-state index < -0.39 is 4.92 Å². The molecule has 30 heavy (non-hydrogen) atoms. The van der Waals surface area contributed by atoms with Crippen LogP contribution >= 0.6 is 0 Å². The Hall–Kier alpha value is -4.07. The maximum absolute atomic E-state index is 11.9. The van der Waals surface area contributed by atoms with Crippen LogP contribution in [0.25, 0.3) is 10.9 Å². The maximum atomic E-state index is 11.9. The van der Waals surface area contributed by atoms with Gasteiger partial charge in [-0.1, -0.05) is 43.3 Å². The molecule has 2 N–H and O–H groups in total. The van der Waals surface area contributed by atoms with Gasteiger partial charge in [0, 0.05) is 16.8 Å². The lowest BCUT2D eigenvalue weighted by molar-refractivity contribution is -0.383. The van der Waals surface area contributed by atoms with Crippen molar-refractivity contribution in [3.8, 4) is 0 Å². The first-order chi connectivity index (χ1) is 14.6. The zero-order chi connectivity index (χ0) is 21.1. The Kier molecular flexibility index (Phi) is 5.21. The van der Waals surface area contributed by atoms with Gasteiger partial charge in [0.25, 0.3) is 0 Å². The molecule has 4 aromatic rings. The van der Waals surface area contributed by atoms with Gasteiger partial charge < -0.3 is 10.6 Å². The molecular weight excluding hydrogens is 380 g/mol. The van der Waals surface area contributed by atoms with Crippen molar-refractivity contribution in [1.82, 2.24) is 15.0 Å². The van der Waals surface area contributed by atoms with Gasteiger partial charge in [0.1, 0.15) is 6.33 Å². The first kappa shape index (κ1) is 19.3. The van der Waals surface area contributed by atoms with Gasteiger partial charge in [0.05, 0.1) is 16.1 Å².